The summed E-state index contributed by atoms with van der Waals surface area (Å²) < 4.78 is 12.9. The van der Waals surface area contributed by atoms with Crippen molar-refractivity contribution in [3.05, 3.63) is 60.2 Å². The molecule has 174 valence electrons. The molecule has 1 atom stereocenters. The van der Waals surface area contributed by atoms with Crippen LogP contribution in [0.1, 0.15) is 30.6 Å². The Labute approximate surface area is 199 Å². The summed E-state index contributed by atoms with van der Waals surface area (Å²) in [6, 6.07) is 17.8. The molecular formula is C25H30N4O3S. The van der Waals surface area contributed by atoms with Crippen LogP contribution in [0.25, 0.3) is 11.4 Å². The van der Waals surface area contributed by atoms with Gasteiger partial charge in [-0.05, 0) is 36.2 Å². The van der Waals surface area contributed by atoms with Crippen molar-refractivity contribution in [2.24, 2.45) is 0 Å². The van der Waals surface area contributed by atoms with Crippen LogP contribution in [0.15, 0.2) is 59.8 Å². The van der Waals surface area contributed by atoms with Gasteiger partial charge in [0, 0.05) is 25.2 Å². The molecule has 7 nitrogen and oxygen atoms in total. The highest BCUT2D eigenvalue weighted by atomic mass is 32.2. The average molecular weight is 467 g/mol. The summed E-state index contributed by atoms with van der Waals surface area (Å²) in [6.07, 6.45) is 2.06. The van der Waals surface area contributed by atoms with Gasteiger partial charge in [0.05, 0.1) is 20.3 Å². The number of aromatic nitrogens is 3. The van der Waals surface area contributed by atoms with E-state index >= 15 is 0 Å². The van der Waals surface area contributed by atoms with Gasteiger partial charge in [-0.1, -0.05) is 55.4 Å². The lowest BCUT2D eigenvalue weighted by molar-refractivity contribution is -0.134. The summed E-state index contributed by atoms with van der Waals surface area (Å²) in [5.74, 6) is 1.69. The molecular weight excluding hydrogens is 436 g/mol. The first-order valence-electron chi connectivity index (χ1n) is 11.4. The van der Waals surface area contributed by atoms with E-state index in [0.29, 0.717) is 26.3 Å². The molecule has 1 amide bonds. The first-order chi connectivity index (χ1) is 16.2. The number of ether oxygens (including phenoxy) is 2. The number of benzene rings is 2. The third-order valence-corrected chi connectivity index (χ3v) is 6.90. The Bertz CT molecular complexity index is 1030. The number of amides is 1. The quantitative estimate of drug-likeness (QED) is 0.434. The smallest absolute Gasteiger partial charge is 0.240 e. The van der Waals surface area contributed by atoms with Gasteiger partial charge in [0.15, 0.2) is 11.0 Å². The summed E-state index contributed by atoms with van der Waals surface area (Å²) in [5, 5.41) is 9.41. The zero-order valence-corrected chi connectivity index (χ0v) is 20.0. The number of hydrogen-bond acceptors (Lipinski definition) is 6. The summed E-state index contributed by atoms with van der Waals surface area (Å²) in [6.45, 7) is 5.34. The third-order valence-electron chi connectivity index (χ3n) is 5.67. The van der Waals surface area contributed by atoms with Crippen molar-refractivity contribution < 1.29 is 14.3 Å². The van der Waals surface area contributed by atoms with E-state index in [9.17, 15) is 4.79 Å². The molecule has 2 heterocycles. The van der Waals surface area contributed by atoms with E-state index in [1.165, 1.54) is 11.8 Å². The van der Waals surface area contributed by atoms with Crippen molar-refractivity contribution in [1.29, 1.82) is 0 Å². The maximum absolute atomic E-state index is 13.6. The van der Waals surface area contributed by atoms with E-state index in [2.05, 4.69) is 21.7 Å². The Morgan fingerprint density at radius 3 is 2.48 bits per heavy atom. The number of nitrogens with zero attached hydrogens (tertiary/aromatic N) is 4. The summed E-state index contributed by atoms with van der Waals surface area (Å²) in [7, 11) is 1.66. The Morgan fingerprint density at radius 2 is 1.82 bits per heavy atom. The second-order valence-electron chi connectivity index (χ2n) is 7.89. The van der Waals surface area contributed by atoms with Gasteiger partial charge >= 0.3 is 0 Å². The zero-order chi connectivity index (χ0) is 23.0. The SMILES string of the molecule is CCCCn1c(SC(C(=O)N2CCOCC2)c2ccccc2)nnc1-c1ccc(OC)cc1. The maximum Gasteiger partial charge on any atom is 0.240 e. The number of methoxy groups -OCH3 is 1. The van der Waals surface area contributed by atoms with Crippen LogP contribution in [0, 0.1) is 0 Å². The Kier molecular flexibility index (Phi) is 8.01. The highest BCUT2D eigenvalue weighted by Crippen LogP contribution is 2.37. The average Bonchev–Trinajstić information content (AvgIpc) is 3.29. The number of hydrogen-bond donors (Lipinski definition) is 0. The van der Waals surface area contributed by atoms with Crippen molar-refractivity contribution in [3.8, 4) is 17.1 Å². The monoisotopic (exact) mass is 466 g/mol. The Balaban J connectivity index is 1.67. The highest BCUT2D eigenvalue weighted by molar-refractivity contribution is 8.00. The van der Waals surface area contributed by atoms with Gasteiger partial charge in [-0.15, -0.1) is 10.2 Å². The van der Waals surface area contributed by atoms with Crippen LogP contribution in [0.4, 0.5) is 0 Å². The number of carbonyl (C=O) groups is 1. The van der Waals surface area contributed by atoms with Crippen molar-refractivity contribution in [2.75, 3.05) is 33.4 Å². The van der Waals surface area contributed by atoms with Crippen LogP contribution < -0.4 is 4.74 Å². The fourth-order valence-corrected chi connectivity index (χ4v) is 4.94. The first-order valence-corrected chi connectivity index (χ1v) is 12.2. The van der Waals surface area contributed by atoms with Crippen LogP contribution >= 0.6 is 11.8 Å². The molecule has 8 heteroatoms. The first kappa shape index (κ1) is 23.3. The highest BCUT2D eigenvalue weighted by Gasteiger charge is 2.30. The van der Waals surface area contributed by atoms with Crippen LogP contribution in [-0.2, 0) is 16.1 Å². The lowest BCUT2D eigenvalue weighted by Gasteiger charge is -2.30. The molecule has 0 bridgehead atoms. The lowest BCUT2D eigenvalue weighted by atomic mass is 10.1. The molecule has 2 aromatic carbocycles. The van der Waals surface area contributed by atoms with E-state index < -0.39 is 5.25 Å². The van der Waals surface area contributed by atoms with Gasteiger partial charge in [-0.3, -0.25) is 4.79 Å². The minimum absolute atomic E-state index is 0.0885. The zero-order valence-electron chi connectivity index (χ0n) is 19.1. The van der Waals surface area contributed by atoms with Gasteiger partial charge in [0.1, 0.15) is 11.0 Å². The molecule has 1 aliphatic rings. The number of unbranched alkanes of at least 4 members (excludes halogenated alkanes) is 1. The van der Waals surface area contributed by atoms with Crippen LogP contribution in [-0.4, -0.2) is 59.0 Å². The van der Waals surface area contributed by atoms with E-state index in [-0.39, 0.29) is 5.91 Å². The molecule has 33 heavy (non-hydrogen) atoms. The third kappa shape index (κ3) is 5.57. The van der Waals surface area contributed by atoms with Crippen LogP contribution in [0.5, 0.6) is 5.75 Å². The number of morpholine rings is 1. The molecule has 1 unspecified atom stereocenters. The minimum Gasteiger partial charge on any atom is -0.497 e. The van der Waals surface area contributed by atoms with E-state index in [1.54, 1.807) is 7.11 Å². The van der Waals surface area contributed by atoms with Gasteiger partial charge in [0.25, 0.3) is 0 Å². The number of carbonyl (C=O) groups excluding carboxylic acids is 1. The van der Waals surface area contributed by atoms with Gasteiger partial charge < -0.3 is 18.9 Å². The molecule has 0 spiro atoms. The van der Waals surface area contributed by atoms with Crippen LogP contribution in [0.3, 0.4) is 0 Å². The van der Waals surface area contributed by atoms with Gasteiger partial charge in [0.2, 0.25) is 5.91 Å². The molecule has 0 aliphatic carbocycles. The summed E-state index contributed by atoms with van der Waals surface area (Å²) >= 11 is 1.48. The van der Waals surface area contributed by atoms with E-state index in [0.717, 1.165) is 47.2 Å². The fraction of sp³-hybridized carbons (Fsp3) is 0.400. The van der Waals surface area contributed by atoms with Crippen LogP contribution in [0.2, 0.25) is 0 Å². The molecule has 1 saturated heterocycles. The second-order valence-corrected chi connectivity index (χ2v) is 8.96. The molecule has 0 saturated carbocycles. The molecule has 1 aliphatic heterocycles. The Morgan fingerprint density at radius 1 is 1.09 bits per heavy atom. The standard InChI is InChI=1S/C25H30N4O3S/c1-3-4-14-29-23(20-10-12-21(31-2)13-11-20)26-27-25(29)33-22(19-8-6-5-7-9-19)24(30)28-15-17-32-18-16-28/h5-13,22H,3-4,14-18H2,1-2H3. The Hall–Kier alpha value is -2.84. The normalized spacial score (nSPS) is 14.8. The summed E-state index contributed by atoms with van der Waals surface area (Å²) in [4.78, 5) is 15.4. The van der Waals surface area contributed by atoms with E-state index in [4.69, 9.17) is 9.47 Å². The van der Waals surface area contributed by atoms with Gasteiger partial charge in [-0.25, -0.2) is 0 Å². The maximum atomic E-state index is 13.6. The lowest BCUT2D eigenvalue weighted by Crippen LogP contribution is -2.42. The molecule has 0 radical (unpaired) electrons. The van der Waals surface area contributed by atoms with Crippen molar-refractivity contribution in [3.63, 3.8) is 0 Å². The molecule has 4 rings (SSSR count). The topological polar surface area (TPSA) is 69.5 Å². The predicted octanol–water partition coefficient (Wildman–Crippen LogP) is 4.45. The predicted molar refractivity (Wildman–Crippen MR) is 129 cm³/mol. The van der Waals surface area contributed by atoms with Crippen molar-refractivity contribution in [2.45, 2.75) is 36.7 Å². The largest absolute Gasteiger partial charge is 0.497 e. The number of rotatable bonds is 9. The molecule has 3 aromatic rings. The van der Waals surface area contributed by atoms with Crippen molar-refractivity contribution >= 4 is 17.7 Å². The fourth-order valence-electron chi connectivity index (χ4n) is 3.79. The van der Waals surface area contributed by atoms with E-state index in [1.807, 2.05) is 59.5 Å². The minimum atomic E-state index is -0.391. The summed E-state index contributed by atoms with van der Waals surface area (Å²) in [5.41, 5.74) is 1.94. The van der Waals surface area contributed by atoms with Gasteiger partial charge in [-0.2, -0.15) is 0 Å². The molecule has 1 fully saturated rings. The molecule has 1 aromatic heterocycles. The number of thioether (sulfide) groups is 1. The second kappa shape index (κ2) is 11.3. The molecule has 0 N–H and O–H groups in total. The van der Waals surface area contributed by atoms with Crippen molar-refractivity contribution in [1.82, 2.24) is 19.7 Å².